The molecule has 2 aromatic rings. The number of rotatable bonds is 5. The first-order chi connectivity index (χ1) is 11.7. The number of carbonyl (C=O) groups is 1. The number of nitrogens with one attached hydrogen (secondary N) is 2. The number of nitrogens with zero attached hydrogens (tertiary/aromatic N) is 3. The van der Waals surface area contributed by atoms with Gasteiger partial charge in [0.15, 0.2) is 5.82 Å². The van der Waals surface area contributed by atoms with Crippen molar-refractivity contribution in [2.45, 2.75) is 44.8 Å². The van der Waals surface area contributed by atoms with Crippen LogP contribution in [0.2, 0.25) is 0 Å². The zero-order valence-electron chi connectivity index (χ0n) is 14.0. The molecule has 1 unspecified atom stereocenters. The van der Waals surface area contributed by atoms with Gasteiger partial charge in [0.2, 0.25) is 5.91 Å². The number of pyridine rings is 1. The molecular formula is C17H23N5O2. The maximum absolute atomic E-state index is 12.4. The van der Waals surface area contributed by atoms with E-state index in [0.717, 1.165) is 31.2 Å². The molecule has 1 aliphatic carbocycles. The van der Waals surface area contributed by atoms with Gasteiger partial charge in [-0.2, -0.15) is 5.10 Å². The fourth-order valence-electron chi connectivity index (χ4n) is 3.05. The summed E-state index contributed by atoms with van der Waals surface area (Å²) in [6, 6.07) is 3.53. The zero-order valence-corrected chi connectivity index (χ0v) is 14.0. The topological polar surface area (TPSA) is 92.8 Å². The molecule has 0 radical (unpaired) electrons. The van der Waals surface area contributed by atoms with E-state index in [-0.39, 0.29) is 17.9 Å². The van der Waals surface area contributed by atoms with E-state index in [2.05, 4.69) is 25.5 Å². The van der Waals surface area contributed by atoms with E-state index in [1.165, 1.54) is 0 Å². The Balaban J connectivity index is 1.58. The predicted molar refractivity (Wildman–Crippen MR) is 88.9 cm³/mol. The molecule has 0 saturated heterocycles. The van der Waals surface area contributed by atoms with Gasteiger partial charge >= 0.3 is 0 Å². The van der Waals surface area contributed by atoms with Gasteiger partial charge in [-0.15, -0.1) is 0 Å². The largest absolute Gasteiger partial charge is 0.381 e. The number of aromatic amines is 1. The number of hydrogen-bond donors (Lipinski definition) is 2. The quantitative estimate of drug-likeness (QED) is 0.877. The molecule has 1 amide bonds. The average Bonchev–Trinajstić information content (AvgIpc) is 3.13. The minimum absolute atomic E-state index is 0.0552. The molecule has 3 rings (SSSR count). The van der Waals surface area contributed by atoms with Crippen molar-refractivity contribution in [1.29, 1.82) is 0 Å². The summed E-state index contributed by atoms with van der Waals surface area (Å²) in [4.78, 5) is 21.0. The van der Waals surface area contributed by atoms with Gasteiger partial charge in [0.05, 0.1) is 12.1 Å². The first kappa shape index (κ1) is 16.6. The standard InChI is InChI=1S/C17H23N5O2/c1-11(19-17(23)12-5-7-14(24-2)8-6-12)15-20-16(22-21-15)13-4-3-9-18-10-13/h3-4,9-12,14H,5-8H2,1-2H3,(H,19,23)(H,20,21,22). The van der Waals surface area contributed by atoms with E-state index in [9.17, 15) is 4.79 Å². The van der Waals surface area contributed by atoms with Crippen LogP contribution in [-0.2, 0) is 9.53 Å². The summed E-state index contributed by atoms with van der Waals surface area (Å²) in [5, 5.41) is 10.1. The van der Waals surface area contributed by atoms with Crippen molar-refractivity contribution in [2.75, 3.05) is 7.11 Å². The maximum atomic E-state index is 12.4. The van der Waals surface area contributed by atoms with Gasteiger partial charge in [0, 0.05) is 31.0 Å². The Kier molecular flexibility index (Phi) is 5.20. The first-order valence-electron chi connectivity index (χ1n) is 8.33. The normalized spacial score (nSPS) is 22.1. The van der Waals surface area contributed by atoms with Gasteiger partial charge < -0.3 is 10.1 Å². The van der Waals surface area contributed by atoms with Crippen molar-refractivity contribution in [1.82, 2.24) is 25.5 Å². The molecule has 1 saturated carbocycles. The molecule has 2 N–H and O–H groups in total. The molecule has 0 bridgehead atoms. The van der Waals surface area contributed by atoms with E-state index >= 15 is 0 Å². The number of H-pyrrole nitrogens is 1. The molecule has 0 spiro atoms. The van der Waals surface area contributed by atoms with Crippen molar-refractivity contribution in [3.63, 3.8) is 0 Å². The third kappa shape index (κ3) is 3.79. The van der Waals surface area contributed by atoms with Crippen LogP contribution in [0.3, 0.4) is 0 Å². The van der Waals surface area contributed by atoms with Gasteiger partial charge in [0.25, 0.3) is 0 Å². The average molecular weight is 329 g/mol. The van der Waals surface area contributed by atoms with Crippen LogP contribution < -0.4 is 5.32 Å². The van der Waals surface area contributed by atoms with Crippen molar-refractivity contribution < 1.29 is 9.53 Å². The zero-order chi connectivity index (χ0) is 16.9. The van der Waals surface area contributed by atoms with Gasteiger partial charge in [0.1, 0.15) is 5.82 Å². The third-order valence-electron chi connectivity index (χ3n) is 4.57. The van der Waals surface area contributed by atoms with E-state index in [4.69, 9.17) is 4.74 Å². The van der Waals surface area contributed by atoms with E-state index in [1.54, 1.807) is 19.5 Å². The highest BCUT2D eigenvalue weighted by Crippen LogP contribution is 2.26. The molecule has 0 aliphatic heterocycles. The monoisotopic (exact) mass is 329 g/mol. The van der Waals surface area contributed by atoms with Gasteiger partial charge in [-0.25, -0.2) is 4.98 Å². The molecule has 0 aromatic carbocycles. The Morgan fingerprint density at radius 1 is 1.38 bits per heavy atom. The van der Waals surface area contributed by atoms with Crippen LogP contribution in [0.5, 0.6) is 0 Å². The Morgan fingerprint density at radius 3 is 2.83 bits per heavy atom. The molecule has 2 heterocycles. The summed E-state index contributed by atoms with van der Waals surface area (Å²) in [7, 11) is 1.73. The maximum Gasteiger partial charge on any atom is 0.223 e. The van der Waals surface area contributed by atoms with E-state index in [1.807, 2.05) is 19.1 Å². The second-order valence-electron chi connectivity index (χ2n) is 6.23. The Morgan fingerprint density at radius 2 is 2.17 bits per heavy atom. The number of carbonyl (C=O) groups excluding carboxylic acids is 1. The van der Waals surface area contributed by atoms with Gasteiger partial charge in [-0.1, -0.05) is 0 Å². The number of aromatic nitrogens is 4. The molecule has 1 aliphatic rings. The van der Waals surface area contributed by atoms with Crippen molar-refractivity contribution in [2.24, 2.45) is 5.92 Å². The third-order valence-corrected chi connectivity index (χ3v) is 4.57. The second-order valence-corrected chi connectivity index (χ2v) is 6.23. The number of amides is 1. The second kappa shape index (κ2) is 7.53. The summed E-state index contributed by atoms with van der Waals surface area (Å²) in [5.74, 6) is 1.36. The fraction of sp³-hybridized carbons (Fsp3) is 0.529. The van der Waals surface area contributed by atoms with Crippen molar-refractivity contribution in [3.05, 3.63) is 30.4 Å². The van der Waals surface area contributed by atoms with Crippen molar-refractivity contribution >= 4 is 5.91 Å². The molecule has 1 atom stereocenters. The Hall–Kier alpha value is -2.28. The highest BCUT2D eigenvalue weighted by Gasteiger charge is 2.27. The smallest absolute Gasteiger partial charge is 0.223 e. The molecular weight excluding hydrogens is 306 g/mol. The SMILES string of the molecule is COC1CCC(C(=O)NC(C)c2nc(-c3cccnc3)n[nH]2)CC1. The molecule has 7 heteroatoms. The van der Waals surface area contributed by atoms with Crippen LogP contribution >= 0.6 is 0 Å². The highest BCUT2D eigenvalue weighted by molar-refractivity contribution is 5.79. The van der Waals surface area contributed by atoms with Crippen LogP contribution in [0.4, 0.5) is 0 Å². The lowest BCUT2D eigenvalue weighted by Crippen LogP contribution is -2.36. The molecule has 128 valence electrons. The number of ether oxygens (including phenoxy) is 1. The first-order valence-corrected chi connectivity index (χ1v) is 8.33. The van der Waals surface area contributed by atoms with Crippen LogP contribution in [0.25, 0.3) is 11.4 Å². The predicted octanol–water partition coefficient (Wildman–Crippen LogP) is 2.25. The lowest BCUT2D eigenvalue weighted by atomic mass is 9.86. The van der Waals surface area contributed by atoms with Crippen LogP contribution in [0.1, 0.15) is 44.5 Å². The lowest BCUT2D eigenvalue weighted by Gasteiger charge is -2.27. The Labute approximate surface area is 141 Å². The summed E-state index contributed by atoms with van der Waals surface area (Å²) in [6.45, 7) is 1.91. The van der Waals surface area contributed by atoms with E-state index in [0.29, 0.717) is 17.8 Å². The summed E-state index contributed by atoms with van der Waals surface area (Å²) < 4.78 is 5.35. The summed E-state index contributed by atoms with van der Waals surface area (Å²) in [5.41, 5.74) is 0.844. The van der Waals surface area contributed by atoms with Crippen LogP contribution in [-0.4, -0.2) is 39.3 Å². The van der Waals surface area contributed by atoms with Crippen LogP contribution in [0.15, 0.2) is 24.5 Å². The van der Waals surface area contributed by atoms with Crippen molar-refractivity contribution in [3.8, 4) is 11.4 Å². The summed E-state index contributed by atoms with van der Waals surface area (Å²) in [6.07, 6.45) is 7.33. The Bertz CT molecular complexity index is 665. The summed E-state index contributed by atoms with van der Waals surface area (Å²) >= 11 is 0. The van der Waals surface area contributed by atoms with Gasteiger partial charge in [-0.3, -0.25) is 14.9 Å². The highest BCUT2D eigenvalue weighted by atomic mass is 16.5. The molecule has 7 nitrogen and oxygen atoms in total. The van der Waals surface area contributed by atoms with Gasteiger partial charge in [-0.05, 0) is 44.7 Å². The molecule has 2 aromatic heterocycles. The fourth-order valence-corrected chi connectivity index (χ4v) is 3.05. The van der Waals surface area contributed by atoms with E-state index < -0.39 is 0 Å². The minimum Gasteiger partial charge on any atom is -0.381 e. The lowest BCUT2D eigenvalue weighted by molar-refractivity contribution is -0.127. The van der Waals surface area contributed by atoms with Crippen LogP contribution in [0, 0.1) is 5.92 Å². The molecule has 1 fully saturated rings. The minimum atomic E-state index is -0.212. The number of methoxy groups -OCH3 is 1. The molecule has 24 heavy (non-hydrogen) atoms. The number of hydrogen-bond acceptors (Lipinski definition) is 5.